The minimum absolute atomic E-state index is 0.0787. The number of unbranched alkanes of at least 4 members (excludes halogenated alkanes) is 1. The van der Waals surface area contributed by atoms with E-state index in [0.29, 0.717) is 37.3 Å². The third-order valence-electron chi connectivity index (χ3n) is 4.96. The normalized spacial score (nSPS) is 14.5. The van der Waals surface area contributed by atoms with Crippen LogP contribution in [-0.4, -0.2) is 87.2 Å². The van der Waals surface area contributed by atoms with E-state index in [1.54, 1.807) is 11.8 Å². The lowest BCUT2D eigenvalue weighted by atomic mass is 10.1. The SMILES string of the molecule is CSCCC(N)C(=O)NC(Cc1cnc[nH]1)C(=O)NC(CS)C(=O)NC(CCCCN)C(=O)O. The van der Waals surface area contributed by atoms with Gasteiger partial charge < -0.3 is 37.5 Å². The van der Waals surface area contributed by atoms with E-state index in [0.717, 1.165) is 0 Å². The summed E-state index contributed by atoms with van der Waals surface area (Å²) in [5.41, 5.74) is 11.9. The van der Waals surface area contributed by atoms with Crippen LogP contribution < -0.4 is 27.4 Å². The summed E-state index contributed by atoms with van der Waals surface area (Å²) in [4.78, 5) is 56.4. The zero-order valence-corrected chi connectivity index (χ0v) is 20.9. The first-order valence-corrected chi connectivity index (χ1v) is 12.9. The zero-order chi connectivity index (χ0) is 25.5. The highest BCUT2D eigenvalue weighted by Gasteiger charge is 2.30. The number of carbonyl (C=O) groups is 4. The lowest BCUT2D eigenvalue weighted by Gasteiger charge is -2.24. The third kappa shape index (κ3) is 10.8. The quantitative estimate of drug-likeness (QED) is 0.0905. The molecule has 0 bridgehead atoms. The van der Waals surface area contributed by atoms with Crippen molar-refractivity contribution in [3.05, 3.63) is 18.2 Å². The van der Waals surface area contributed by atoms with Crippen LogP contribution in [0.1, 0.15) is 31.4 Å². The number of nitrogens with one attached hydrogen (secondary N) is 4. The molecule has 0 aromatic carbocycles. The van der Waals surface area contributed by atoms with E-state index in [2.05, 4.69) is 38.5 Å². The first-order chi connectivity index (χ1) is 16.2. The molecule has 9 N–H and O–H groups in total. The second-order valence-electron chi connectivity index (χ2n) is 7.66. The van der Waals surface area contributed by atoms with Gasteiger partial charge in [0.15, 0.2) is 0 Å². The third-order valence-corrected chi connectivity index (χ3v) is 5.97. The van der Waals surface area contributed by atoms with Crippen LogP contribution in [0.2, 0.25) is 0 Å². The van der Waals surface area contributed by atoms with Crippen LogP contribution in [0.15, 0.2) is 12.5 Å². The van der Waals surface area contributed by atoms with Gasteiger partial charge in [0.25, 0.3) is 0 Å². The minimum atomic E-state index is -1.18. The van der Waals surface area contributed by atoms with E-state index in [1.807, 2.05) is 6.26 Å². The molecule has 0 saturated heterocycles. The van der Waals surface area contributed by atoms with E-state index in [9.17, 15) is 24.3 Å². The second-order valence-corrected chi connectivity index (χ2v) is 9.01. The number of nitrogens with zero attached hydrogens (tertiary/aromatic N) is 1. The van der Waals surface area contributed by atoms with Crippen LogP contribution in [-0.2, 0) is 25.6 Å². The Bertz CT molecular complexity index is 781. The lowest BCUT2D eigenvalue weighted by Crippen LogP contribution is -2.58. The molecule has 1 aromatic heterocycles. The first-order valence-electron chi connectivity index (χ1n) is 10.9. The van der Waals surface area contributed by atoms with E-state index >= 15 is 0 Å². The fourth-order valence-corrected chi connectivity index (χ4v) is 3.72. The predicted molar refractivity (Wildman–Crippen MR) is 133 cm³/mol. The van der Waals surface area contributed by atoms with Gasteiger partial charge in [-0.2, -0.15) is 24.4 Å². The molecule has 1 heterocycles. The average Bonchev–Trinajstić information content (AvgIpc) is 3.32. The summed E-state index contributed by atoms with van der Waals surface area (Å²) in [5, 5.41) is 17.0. The number of aromatic amines is 1. The van der Waals surface area contributed by atoms with Crippen molar-refractivity contribution in [2.45, 2.75) is 56.3 Å². The lowest BCUT2D eigenvalue weighted by molar-refractivity contribution is -0.142. The van der Waals surface area contributed by atoms with Crippen molar-refractivity contribution in [1.82, 2.24) is 25.9 Å². The first kappa shape index (κ1) is 29.7. The van der Waals surface area contributed by atoms with Crippen LogP contribution in [0, 0.1) is 0 Å². The van der Waals surface area contributed by atoms with Crippen molar-refractivity contribution in [2.24, 2.45) is 11.5 Å². The number of aromatic nitrogens is 2. The topological polar surface area (TPSA) is 205 Å². The molecule has 192 valence electrons. The summed E-state index contributed by atoms with van der Waals surface area (Å²) in [6.45, 7) is 0.417. The highest BCUT2D eigenvalue weighted by molar-refractivity contribution is 7.98. The van der Waals surface area contributed by atoms with E-state index in [1.165, 1.54) is 12.5 Å². The largest absolute Gasteiger partial charge is 0.480 e. The number of carbonyl (C=O) groups excluding carboxylic acids is 3. The number of hydrogen-bond donors (Lipinski definition) is 8. The number of hydrogen-bond acceptors (Lipinski definition) is 9. The number of amides is 3. The number of rotatable bonds is 17. The molecule has 34 heavy (non-hydrogen) atoms. The van der Waals surface area contributed by atoms with E-state index in [-0.39, 0.29) is 18.6 Å². The summed E-state index contributed by atoms with van der Waals surface area (Å²) in [6, 6.07) is -4.06. The molecular weight excluding hydrogens is 482 g/mol. The number of H-pyrrole nitrogens is 1. The van der Waals surface area contributed by atoms with Crippen LogP contribution in [0.4, 0.5) is 0 Å². The highest BCUT2D eigenvalue weighted by atomic mass is 32.2. The van der Waals surface area contributed by atoms with Gasteiger partial charge in [0, 0.05) is 24.1 Å². The monoisotopic (exact) mass is 517 g/mol. The van der Waals surface area contributed by atoms with Crippen LogP contribution in [0.3, 0.4) is 0 Å². The molecule has 12 nitrogen and oxygen atoms in total. The number of thioether (sulfide) groups is 1. The Hall–Kier alpha value is -2.29. The van der Waals surface area contributed by atoms with Crippen molar-refractivity contribution in [3.63, 3.8) is 0 Å². The fraction of sp³-hybridized carbons (Fsp3) is 0.650. The molecule has 4 unspecified atom stereocenters. The zero-order valence-electron chi connectivity index (χ0n) is 19.2. The Labute approximate surface area is 208 Å². The summed E-state index contributed by atoms with van der Waals surface area (Å²) in [6.07, 6.45) is 6.74. The summed E-state index contributed by atoms with van der Waals surface area (Å²) < 4.78 is 0. The van der Waals surface area contributed by atoms with Crippen molar-refractivity contribution < 1.29 is 24.3 Å². The average molecular weight is 518 g/mol. The van der Waals surface area contributed by atoms with Crippen molar-refractivity contribution in [3.8, 4) is 0 Å². The molecule has 0 aliphatic rings. The Morgan fingerprint density at radius 2 is 1.74 bits per heavy atom. The standard InChI is InChI=1S/C20H35N7O5S2/c1-34-7-5-13(22)17(28)26-15(8-12-9-23-11-24-12)18(29)27-16(10-33)19(30)25-14(20(31)32)4-2-3-6-21/h9,11,13-16,33H,2-8,10,21-22H2,1H3,(H,23,24)(H,25,30)(H,26,28)(H,27,29)(H,31,32). The van der Waals surface area contributed by atoms with Gasteiger partial charge >= 0.3 is 5.97 Å². The maximum absolute atomic E-state index is 13.0. The molecule has 0 aliphatic heterocycles. The molecule has 1 aromatic rings. The molecule has 3 amide bonds. The Morgan fingerprint density at radius 3 is 2.29 bits per heavy atom. The maximum atomic E-state index is 13.0. The maximum Gasteiger partial charge on any atom is 0.326 e. The second kappa shape index (κ2) is 16.4. The molecule has 0 radical (unpaired) electrons. The smallest absolute Gasteiger partial charge is 0.326 e. The Balaban J connectivity index is 2.86. The van der Waals surface area contributed by atoms with E-state index in [4.69, 9.17) is 11.5 Å². The van der Waals surface area contributed by atoms with Crippen LogP contribution in [0.25, 0.3) is 0 Å². The number of thiol groups is 1. The molecule has 4 atom stereocenters. The molecule has 0 saturated carbocycles. The van der Waals surface area contributed by atoms with Gasteiger partial charge in [-0.1, -0.05) is 0 Å². The molecule has 14 heteroatoms. The summed E-state index contributed by atoms with van der Waals surface area (Å²) in [7, 11) is 0. The van der Waals surface area contributed by atoms with Crippen molar-refractivity contribution in [1.29, 1.82) is 0 Å². The number of aliphatic carboxylic acids is 1. The number of carboxylic acid groups (broad SMARTS) is 1. The summed E-state index contributed by atoms with van der Waals surface area (Å²) in [5.74, 6) is -2.39. The van der Waals surface area contributed by atoms with Gasteiger partial charge in [-0.15, -0.1) is 0 Å². The molecule has 0 aliphatic carbocycles. The fourth-order valence-electron chi connectivity index (χ4n) is 2.97. The summed E-state index contributed by atoms with van der Waals surface area (Å²) >= 11 is 5.67. The van der Waals surface area contributed by atoms with Gasteiger partial charge in [0.05, 0.1) is 12.4 Å². The van der Waals surface area contributed by atoms with Crippen molar-refractivity contribution >= 4 is 48.1 Å². The van der Waals surface area contributed by atoms with Gasteiger partial charge in [-0.3, -0.25) is 14.4 Å². The van der Waals surface area contributed by atoms with Crippen molar-refractivity contribution in [2.75, 3.05) is 24.3 Å². The van der Waals surface area contributed by atoms with Gasteiger partial charge in [-0.05, 0) is 44.2 Å². The Morgan fingerprint density at radius 1 is 1.09 bits per heavy atom. The molecule has 0 fully saturated rings. The number of carboxylic acids is 1. The van der Waals surface area contributed by atoms with Crippen LogP contribution >= 0.6 is 24.4 Å². The molecular formula is C20H35N7O5S2. The van der Waals surface area contributed by atoms with Gasteiger partial charge in [0.1, 0.15) is 18.1 Å². The predicted octanol–water partition coefficient (Wildman–Crippen LogP) is -1.37. The Kier molecular flexibility index (Phi) is 14.3. The molecule has 1 rings (SSSR count). The highest BCUT2D eigenvalue weighted by Crippen LogP contribution is 2.05. The molecule has 0 spiro atoms. The number of imidazole rings is 1. The minimum Gasteiger partial charge on any atom is -0.480 e. The van der Waals surface area contributed by atoms with E-state index < -0.39 is 47.9 Å². The van der Waals surface area contributed by atoms with Gasteiger partial charge in [-0.25, -0.2) is 9.78 Å². The number of nitrogens with two attached hydrogens (primary N) is 2. The van der Waals surface area contributed by atoms with Gasteiger partial charge in [0.2, 0.25) is 17.7 Å². The van der Waals surface area contributed by atoms with Crippen LogP contribution in [0.5, 0.6) is 0 Å².